The molecule has 4 N–H and O–H groups in total. The van der Waals surface area contributed by atoms with Gasteiger partial charge in [0.2, 0.25) is 23.6 Å². The van der Waals surface area contributed by atoms with Crippen molar-refractivity contribution >= 4 is 46.9 Å². The van der Waals surface area contributed by atoms with Crippen LogP contribution in [0, 0.1) is 23.3 Å². The van der Waals surface area contributed by atoms with Crippen LogP contribution in [-0.4, -0.2) is 55.9 Å². The van der Waals surface area contributed by atoms with Crippen molar-refractivity contribution in [1.82, 2.24) is 30.8 Å². The Hall–Kier alpha value is -5.51. The minimum absolute atomic E-state index is 0.180. The van der Waals surface area contributed by atoms with Crippen molar-refractivity contribution in [2.45, 2.75) is 64.5 Å². The van der Waals surface area contributed by atoms with E-state index in [9.17, 15) is 36.7 Å². The van der Waals surface area contributed by atoms with Crippen molar-refractivity contribution in [3.8, 4) is 0 Å². The molecular weight excluding hydrogens is 696 g/mol. The quantitative estimate of drug-likeness (QED) is 0.130. The highest BCUT2D eigenvalue weighted by Gasteiger charge is 2.22. The lowest BCUT2D eigenvalue weighted by Crippen LogP contribution is -2.44. The number of nitrogens with one attached hydrogen (secondary N) is 4. The highest BCUT2D eigenvalue weighted by Crippen LogP contribution is 2.12. The highest BCUT2D eigenvalue weighted by molar-refractivity contribution is 6.29. The summed E-state index contributed by atoms with van der Waals surface area (Å²) in [6.07, 6.45) is 4.40. The molecule has 2 aromatic heterocycles. The largest absolute Gasteiger partial charge is 0.344 e. The molecule has 2 unspecified atom stereocenters. The number of hydrogen-bond donors (Lipinski definition) is 4. The molecule has 0 aliphatic rings. The lowest BCUT2D eigenvalue weighted by Gasteiger charge is -2.17. The molecule has 12 nitrogen and oxygen atoms in total. The topological polar surface area (TPSA) is 168 Å². The molecule has 0 fully saturated rings. The molecule has 4 amide bonds. The molecule has 0 spiro atoms. The second-order valence-corrected chi connectivity index (χ2v) is 11.4. The van der Waals surface area contributed by atoms with Gasteiger partial charge in [-0.05, 0) is 66.4 Å². The minimum Gasteiger partial charge on any atom is -0.344 e. The van der Waals surface area contributed by atoms with E-state index in [0.29, 0.717) is 31.5 Å². The number of halogens is 5. The number of benzene rings is 2. The Balaban J connectivity index is 0.000000276. The predicted molar refractivity (Wildman–Crippen MR) is 180 cm³/mol. The van der Waals surface area contributed by atoms with Crippen molar-refractivity contribution in [3.63, 3.8) is 0 Å². The number of hydrogen-bond acceptors (Lipinski definition) is 8. The molecule has 51 heavy (non-hydrogen) atoms. The first-order valence-electron chi connectivity index (χ1n) is 15.7. The zero-order chi connectivity index (χ0) is 37.3. The second kappa shape index (κ2) is 20.2. The van der Waals surface area contributed by atoms with Gasteiger partial charge < -0.3 is 21.3 Å². The third-order valence-corrected chi connectivity index (χ3v) is 6.95. The average Bonchev–Trinajstić information content (AvgIpc) is 3.05. The van der Waals surface area contributed by atoms with E-state index < -0.39 is 59.0 Å². The summed E-state index contributed by atoms with van der Waals surface area (Å²) in [4.78, 5) is 56.5. The molecule has 0 radical (unpaired) electrons. The van der Waals surface area contributed by atoms with Gasteiger partial charge in [0.1, 0.15) is 47.5 Å². The van der Waals surface area contributed by atoms with E-state index in [1.807, 2.05) is 13.8 Å². The number of carbonyl (C=O) groups is 4. The summed E-state index contributed by atoms with van der Waals surface area (Å²) < 4.78 is 52.8. The van der Waals surface area contributed by atoms with Crippen molar-refractivity contribution in [3.05, 3.63) is 107 Å². The summed E-state index contributed by atoms with van der Waals surface area (Å²) in [5.41, 5.74) is 0.376. The summed E-state index contributed by atoms with van der Waals surface area (Å²) >= 11 is 5.63. The molecule has 0 saturated heterocycles. The molecule has 0 saturated carbocycles. The van der Waals surface area contributed by atoms with Crippen LogP contribution in [0.4, 0.5) is 29.2 Å². The molecule has 270 valence electrons. The lowest BCUT2D eigenvalue weighted by atomic mass is 10.1. The van der Waals surface area contributed by atoms with Crippen LogP contribution in [0.5, 0.6) is 0 Å². The summed E-state index contributed by atoms with van der Waals surface area (Å²) in [6, 6.07) is 8.65. The first-order chi connectivity index (χ1) is 24.3. The molecule has 2 atom stereocenters. The second-order valence-electron chi connectivity index (χ2n) is 11.0. The first kappa shape index (κ1) is 39.9. The Kier molecular flexibility index (Phi) is 15.8. The van der Waals surface area contributed by atoms with Crippen LogP contribution in [0.3, 0.4) is 0 Å². The Labute approximate surface area is 295 Å². The molecule has 0 bridgehead atoms. The van der Waals surface area contributed by atoms with E-state index in [-0.39, 0.29) is 34.9 Å². The van der Waals surface area contributed by atoms with Crippen LogP contribution in [0.2, 0.25) is 5.15 Å². The van der Waals surface area contributed by atoms with Gasteiger partial charge in [0.25, 0.3) is 0 Å². The predicted octanol–water partition coefficient (Wildman–Crippen LogP) is 5.10. The Morgan fingerprint density at radius 2 is 1.14 bits per heavy atom. The third kappa shape index (κ3) is 14.5. The number of anilines is 2. The van der Waals surface area contributed by atoms with E-state index >= 15 is 0 Å². The molecular formula is C34H35ClF4N8O4. The van der Waals surface area contributed by atoms with Crippen LogP contribution in [0.15, 0.2) is 67.1 Å². The molecule has 2 aromatic carbocycles. The molecule has 4 aromatic rings. The van der Waals surface area contributed by atoms with Gasteiger partial charge in [-0.25, -0.2) is 27.5 Å². The molecule has 0 aliphatic carbocycles. The summed E-state index contributed by atoms with van der Waals surface area (Å²) in [6.45, 7) is 3.73. The molecule has 2 heterocycles. The maximum atomic E-state index is 13.2. The van der Waals surface area contributed by atoms with Gasteiger partial charge in [-0.1, -0.05) is 38.3 Å². The number of carbonyl (C=O) groups excluding carboxylic acids is 4. The summed E-state index contributed by atoms with van der Waals surface area (Å²) in [5, 5.41) is 17.8. The van der Waals surface area contributed by atoms with E-state index in [1.165, 1.54) is 30.7 Å². The van der Waals surface area contributed by atoms with Crippen LogP contribution in [0.1, 0.15) is 50.7 Å². The van der Waals surface area contributed by atoms with Gasteiger partial charge in [-0.2, -0.15) is 0 Å². The van der Waals surface area contributed by atoms with Crippen molar-refractivity contribution < 1.29 is 36.7 Å². The molecule has 0 aliphatic heterocycles. The highest BCUT2D eigenvalue weighted by atomic mass is 35.5. The van der Waals surface area contributed by atoms with Gasteiger partial charge in [0.05, 0.1) is 12.8 Å². The number of nitrogens with zero attached hydrogens (tertiary/aromatic N) is 4. The van der Waals surface area contributed by atoms with Gasteiger partial charge in [-0.3, -0.25) is 19.2 Å². The zero-order valence-corrected chi connectivity index (χ0v) is 28.3. The number of amides is 4. The fourth-order valence-corrected chi connectivity index (χ4v) is 4.68. The number of rotatable bonds is 14. The van der Waals surface area contributed by atoms with Gasteiger partial charge in [-0.15, -0.1) is 10.2 Å². The average molecular weight is 731 g/mol. The smallest absolute Gasteiger partial charge is 0.248 e. The normalized spacial score (nSPS) is 11.7. The Bertz CT molecular complexity index is 1750. The Morgan fingerprint density at radius 3 is 1.53 bits per heavy atom. The fraction of sp³-hybridized carbons (Fsp3) is 0.294. The van der Waals surface area contributed by atoms with E-state index in [0.717, 1.165) is 36.4 Å². The first-order valence-corrected chi connectivity index (χ1v) is 16.1. The van der Waals surface area contributed by atoms with E-state index in [2.05, 4.69) is 41.4 Å². The standard InChI is InChI=1S/C17H17ClF2N4O2.C17H18F2N4O2/c1-2-3-13(17(26)22-15-5-4-14(18)23-24-15)21-16(25)8-10-6-11(19)9-12(20)7-10;1-2-3-14(17(25)23-15-4-5-20-10-21-15)22-16(24)8-11-6-12(18)9-13(19)7-11/h4-7,9,13H,2-3,8H2,1H3,(H,21,25)(H,22,24,26);4-7,9-10,14H,2-3,8H2,1H3,(H,22,24)(H,20,21,23,25). The lowest BCUT2D eigenvalue weighted by molar-refractivity contribution is -0.126. The van der Waals surface area contributed by atoms with Gasteiger partial charge in [0.15, 0.2) is 11.0 Å². The van der Waals surface area contributed by atoms with Crippen LogP contribution in [-0.2, 0) is 32.0 Å². The van der Waals surface area contributed by atoms with Gasteiger partial charge >= 0.3 is 0 Å². The molecule has 4 rings (SSSR count). The zero-order valence-electron chi connectivity index (χ0n) is 27.6. The fourth-order valence-electron chi connectivity index (χ4n) is 4.58. The third-order valence-electron chi connectivity index (χ3n) is 6.75. The van der Waals surface area contributed by atoms with E-state index in [4.69, 9.17) is 11.6 Å². The summed E-state index contributed by atoms with van der Waals surface area (Å²) in [5.74, 6) is -4.43. The van der Waals surface area contributed by atoms with Crippen LogP contribution in [0.25, 0.3) is 0 Å². The van der Waals surface area contributed by atoms with E-state index in [1.54, 1.807) is 0 Å². The monoisotopic (exact) mass is 730 g/mol. The maximum Gasteiger partial charge on any atom is 0.248 e. The number of aromatic nitrogens is 4. The van der Waals surface area contributed by atoms with Crippen molar-refractivity contribution in [2.75, 3.05) is 10.6 Å². The molecule has 17 heteroatoms. The van der Waals surface area contributed by atoms with Crippen molar-refractivity contribution in [2.24, 2.45) is 0 Å². The Morgan fingerprint density at radius 1 is 0.667 bits per heavy atom. The maximum absolute atomic E-state index is 13.2. The van der Waals surface area contributed by atoms with Gasteiger partial charge in [0, 0.05) is 18.3 Å². The summed E-state index contributed by atoms with van der Waals surface area (Å²) in [7, 11) is 0. The van der Waals surface area contributed by atoms with Crippen LogP contribution < -0.4 is 21.3 Å². The minimum atomic E-state index is -0.816. The van der Waals surface area contributed by atoms with Crippen molar-refractivity contribution in [1.29, 1.82) is 0 Å². The van der Waals surface area contributed by atoms with Crippen LogP contribution >= 0.6 is 11.6 Å². The SMILES string of the molecule is CCCC(NC(=O)Cc1cc(F)cc(F)c1)C(=O)Nc1ccc(Cl)nn1.CCCC(NC(=O)Cc1cc(F)cc(F)c1)C(=O)Nc1ccncn1.